The van der Waals surface area contributed by atoms with Crippen molar-refractivity contribution in [3.05, 3.63) is 64.5 Å². The van der Waals surface area contributed by atoms with Gasteiger partial charge in [0.15, 0.2) is 0 Å². The second-order valence-corrected chi connectivity index (χ2v) is 6.09. The average Bonchev–Trinajstić information content (AvgIpc) is 2.92. The van der Waals surface area contributed by atoms with E-state index in [2.05, 4.69) is 9.97 Å². The van der Waals surface area contributed by atoms with E-state index in [9.17, 15) is 23.2 Å². The van der Waals surface area contributed by atoms with Crippen LogP contribution in [0.25, 0.3) is 0 Å². The number of aromatic nitrogens is 2. The fourth-order valence-corrected chi connectivity index (χ4v) is 2.60. The van der Waals surface area contributed by atoms with Crippen molar-refractivity contribution in [1.29, 1.82) is 0 Å². The Morgan fingerprint density at radius 1 is 1.14 bits per heavy atom. The zero-order valence-electron chi connectivity index (χ0n) is 15.0. The molecule has 2 amide bonds. The number of amides is 2. The van der Waals surface area contributed by atoms with Crippen LogP contribution in [0.3, 0.4) is 0 Å². The van der Waals surface area contributed by atoms with Crippen LogP contribution in [-0.4, -0.2) is 34.4 Å². The normalized spacial score (nSPS) is 12.8. The van der Waals surface area contributed by atoms with Crippen LogP contribution in [0.2, 0.25) is 0 Å². The average molecular weight is 387 g/mol. The van der Waals surface area contributed by atoms with Gasteiger partial charge in [-0.3, -0.25) is 9.59 Å². The van der Waals surface area contributed by atoms with Crippen LogP contribution in [0, 0.1) is 6.92 Å². The van der Waals surface area contributed by atoms with E-state index in [1.807, 2.05) is 0 Å². The highest BCUT2D eigenvalue weighted by molar-refractivity contribution is 6.33. The monoisotopic (exact) mass is 387 g/mol. The van der Waals surface area contributed by atoms with E-state index in [1.165, 1.54) is 26.0 Å². The molecular formula is C19H15F2N3O4. The predicted octanol–water partition coefficient (Wildman–Crippen LogP) is 3.30. The summed E-state index contributed by atoms with van der Waals surface area (Å²) >= 11 is 0. The summed E-state index contributed by atoms with van der Waals surface area (Å²) in [5.74, 6) is -2.03. The highest BCUT2D eigenvalue weighted by Crippen LogP contribution is 2.26. The molecule has 0 unspecified atom stereocenters. The first kappa shape index (κ1) is 19.3. The molecule has 1 aromatic carbocycles. The van der Waals surface area contributed by atoms with Gasteiger partial charge >= 0.3 is 5.97 Å². The zero-order valence-corrected chi connectivity index (χ0v) is 15.0. The van der Waals surface area contributed by atoms with Gasteiger partial charge in [0.1, 0.15) is 0 Å². The second kappa shape index (κ2) is 7.63. The number of ether oxygens (including phenoxy) is 1. The molecule has 1 aliphatic rings. The molecule has 0 saturated carbocycles. The Morgan fingerprint density at radius 3 is 2.29 bits per heavy atom. The number of nitrogens with zero attached hydrogens (tertiary/aromatic N) is 3. The summed E-state index contributed by atoms with van der Waals surface area (Å²) in [5, 5.41) is 0. The highest BCUT2D eigenvalue weighted by atomic mass is 19.3. The van der Waals surface area contributed by atoms with E-state index >= 15 is 0 Å². The number of esters is 1. The molecular weight excluding hydrogens is 372 g/mol. The fourth-order valence-electron chi connectivity index (χ4n) is 2.60. The third-order valence-corrected chi connectivity index (χ3v) is 4.21. The van der Waals surface area contributed by atoms with Gasteiger partial charge in [-0.2, -0.15) is 8.78 Å². The Balaban J connectivity index is 1.76. The number of hydrogen-bond acceptors (Lipinski definition) is 6. The van der Waals surface area contributed by atoms with Crippen LogP contribution in [-0.2, 0) is 4.74 Å². The number of benzene rings is 1. The van der Waals surface area contributed by atoms with Gasteiger partial charge in [-0.25, -0.2) is 19.7 Å². The molecule has 1 aliphatic heterocycles. The van der Waals surface area contributed by atoms with E-state index in [0.29, 0.717) is 0 Å². The molecule has 2 heterocycles. The van der Waals surface area contributed by atoms with Gasteiger partial charge in [0.05, 0.1) is 29.0 Å². The molecule has 0 spiro atoms. The van der Waals surface area contributed by atoms with Crippen molar-refractivity contribution in [2.75, 3.05) is 11.5 Å². The lowest BCUT2D eigenvalue weighted by Crippen LogP contribution is -2.31. The fraction of sp³-hybridized carbons (Fsp3) is 0.211. The Kier molecular flexibility index (Phi) is 5.25. The van der Waals surface area contributed by atoms with Gasteiger partial charge in [-0.05, 0) is 31.6 Å². The third kappa shape index (κ3) is 3.51. The lowest BCUT2D eigenvalue weighted by molar-refractivity contribution is 0.0506. The molecule has 0 atom stereocenters. The van der Waals surface area contributed by atoms with Crippen LogP contribution in [0.15, 0.2) is 42.1 Å². The number of anilines is 1. The largest absolute Gasteiger partial charge is 0.462 e. The molecule has 1 aromatic heterocycles. The molecule has 0 bridgehead atoms. The van der Waals surface area contributed by atoms with E-state index in [0.717, 1.165) is 11.1 Å². The number of hydrogen-bond donors (Lipinski definition) is 0. The first-order chi connectivity index (χ1) is 13.3. The van der Waals surface area contributed by atoms with Crippen LogP contribution < -0.4 is 4.90 Å². The van der Waals surface area contributed by atoms with Gasteiger partial charge in [-0.1, -0.05) is 12.1 Å². The maximum atomic E-state index is 12.5. The van der Waals surface area contributed by atoms with Crippen molar-refractivity contribution in [2.24, 2.45) is 0 Å². The summed E-state index contributed by atoms with van der Waals surface area (Å²) in [6.45, 7) is 2.52. The number of imide groups is 1. The Morgan fingerprint density at radius 2 is 1.75 bits per heavy atom. The van der Waals surface area contributed by atoms with E-state index in [-0.39, 0.29) is 46.9 Å². The Labute approximate surface area is 158 Å². The van der Waals surface area contributed by atoms with Crippen molar-refractivity contribution in [2.45, 2.75) is 20.3 Å². The SMILES string of the molecule is CC(CCOC(=O)c1cnc(N2C(=O)c3ccccc3C2=O)nc1C)=C(F)F. The minimum Gasteiger partial charge on any atom is -0.462 e. The lowest BCUT2D eigenvalue weighted by atomic mass is 10.1. The number of rotatable bonds is 5. The standard InChI is InChI=1S/C19H15F2N3O4/c1-10(15(20)21)7-8-28-18(27)14-9-22-19(23-11(14)2)24-16(25)12-5-3-4-6-13(12)17(24)26/h3-6,9H,7-8H2,1-2H3. The first-order valence-corrected chi connectivity index (χ1v) is 8.30. The number of fused-ring (bicyclic) bond motifs is 1. The molecule has 3 rings (SSSR count). The van der Waals surface area contributed by atoms with Crippen molar-refractivity contribution in [1.82, 2.24) is 9.97 Å². The minimum absolute atomic E-state index is 0.0164. The molecule has 0 saturated heterocycles. The number of carbonyl (C=O) groups is 3. The molecule has 0 N–H and O–H groups in total. The summed E-state index contributed by atoms with van der Waals surface area (Å²) in [5.41, 5.74) is 0.543. The molecule has 9 heteroatoms. The number of aryl methyl sites for hydroxylation is 1. The minimum atomic E-state index is -1.80. The molecule has 0 fully saturated rings. The summed E-state index contributed by atoms with van der Waals surface area (Å²) in [6, 6.07) is 6.35. The van der Waals surface area contributed by atoms with Crippen molar-refractivity contribution in [3.8, 4) is 0 Å². The molecule has 144 valence electrons. The lowest BCUT2D eigenvalue weighted by Gasteiger charge is -2.13. The second-order valence-electron chi connectivity index (χ2n) is 6.09. The molecule has 2 aromatic rings. The van der Waals surface area contributed by atoms with Crippen LogP contribution in [0.1, 0.15) is 50.1 Å². The Hall–Kier alpha value is -3.49. The Bertz CT molecular complexity index is 981. The van der Waals surface area contributed by atoms with Crippen molar-refractivity contribution < 1.29 is 27.9 Å². The van der Waals surface area contributed by atoms with Crippen molar-refractivity contribution >= 4 is 23.7 Å². The van der Waals surface area contributed by atoms with E-state index in [1.54, 1.807) is 12.1 Å². The van der Waals surface area contributed by atoms with Gasteiger partial charge in [0, 0.05) is 12.6 Å². The predicted molar refractivity (Wildman–Crippen MR) is 94.2 cm³/mol. The quantitative estimate of drug-likeness (QED) is 0.578. The maximum absolute atomic E-state index is 12.5. The van der Waals surface area contributed by atoms with Crippen LogP contribution in [0.5, 0.6) is 0 Å². The van der Waals surface area contributed by atoms with Gasteiger partial charge in [0.2, 0.25) is 5.95 Å². The van der Waals surface area contributed by atoms with Gasteiger partial charge in [-0.15, -0.1) is 0 Å². The van der Waals surface area contributed by atoms with Crippen LogP contribution in [0.4, 0.5) is 14.7 Å². The summed E-state index contributed by atoms with van der Waals surface area (Å²) in [6.07, 6.45) is -0.760. The van der Waals surface area contributed by atoms with Gasteiger partial charge < -0.3 is 4.74 Å². The maximum Gasteiger partial charge on any atom is 0.341 e. The summed E-state index contributed by atoms with van der Waals surface area (Å²) in [4.78, 5) is 45.9. The third-order valence-electron chi connectivity index (χ3n) is 4.21. The molecule has 7 nitrogen and oxygen atoms in total. The molecule has 0 aliphatic carbocycles. The molecule has 0 radical (unpaired) electrons. The molecule has 28 heavy (non-hydrogen) atoms. The van der Waals surface area contributed by atoms with Crippen LogP contribution >= 0.6 is 0 Å². The van der Waals surface area contributed by atoms with E-state index in [4.69, 9.17) is 4.74 Å². The number of halogens is 2. The van der Waals surface area contributed by atoms with Crippen molar-refractivity contribution in [3.63, 3.8) is 0 Å². The zero-order chi connectivity index (χ0) is 20.4. The summed E-state index contributed by atoms with van der Waals surface area (Å²) < 4.78 is 29.7. The van der Waals surface area contributed by atoms with E-state index < -0.39 is 23.9 Å². The van der Waals surface area contributed by atoms with Gasteiger partial charge in [0.25, 0.3) is 17.9 Å². The first-order valence-electron chi connectivity index (χ1n) is 8.30. The number of carbonyl (C=O) groups excluding carboxylic acids is 3. The summed E-state index contributed by atoms with van der Waals surface area (Å²) in [7, 11) is 0. The highest BCUT2D eigenvalue weighted by Gasteiger charge is 2.38. The topological polar surface area (TPSA) is 89.5 Å². The smallest absolute Gasteiger partial charge is 0.341 e.